The number of rotatable bonds is 6. The minimum Gasteiger partial charge on any atom is -0.351 e. The molecule has 0 spiro atoms. The molecular weight excluding hydrogens is 349 g/mol. The van der Waals surface area contributed by atoms with Crippen LogP contribution in [0, 0.1) is 6.92 Å². The summed E-state index contributed by atoms with van der Waals surface area (Å²) >= 11 is 18.0. The van der Waals surface area contributed by atoms with Crippen molar-refractivity contribution in [1.29, 1.82) is 0 Å². The van der Waals surface area contributed by atoms with E-state index in [0.29, 0.717) is 46.9 Å². The zero-order chi connectivity index (χ0) is 16.3. The first-order valence-corrected chi connectivity index (χ1v) is 7.97. The molecule has 0 aromatic carbocycles. The summed E-state index contributed by atoms with van der Waals surface area (Å²) in [4.78, 5) is 12.0. The minimum absolute atomic E-state index is 0.236. The summed E-state index contributed by atoms with van der Waals surface area (Å²) in [7, 11) is 0. The largest absolute Gasteiger partial charge is 0.351 e. The van der Waals surface area contributed by atoms with Gasteiger partial charge in [0.2, 0.25) is 0 Å². The number of aromatic nitrogens is 4. The third-order valence-corrected chi connectivity index (χ3v) is 4.29. The normalized spacial score (nSPS) is 11.0. The zero-order valence-electron chi connectivity index (χ0n) is 12.2. The number of halogens is 3. The maximum absolute atomic E-state index is 12.0. The number of aryl methyl sites for hydroxylation is 3. The van der Waals surface area contributed by atoms with E-state index >= 15 is 0 Å². The van der Waals surface area contributed by atoms with Gasteiger partial charge in [-0.25, -0.2) is 0 Å². The second kappa shape index (κ2) is 7.35. The maximum atomic E-state index is 12.0. The first kappa shape index (κ1) is 17.1. The van der Waals surface area contributed by atoms with Gasteiger partial charge in [0.1, 0.15) is 10.2 Å². The lowest BCUT2D eigenvalue weighted by Crippen LogP contribution is -2.26. The van der Waals surface area contributed by atoms with Gasteiger partial charge in [-0.1, -0.05) is 34.8 Å². The molecule has 0 bridgehead atoms. The van der Waals surface area contributed by atoms with Gasteiger partial charge in [0.05, 0.1) is 10.7 Å². The van der Waals surface area contributed by atoms with Gasteiger partial charge in [-0.15, -0.1) is 0 Å². The fraction of sp³-hybridized carbons (Fsp3) is 0.462. The minimum atomic E-state index is -0.294. The van der Waals surface area contributed by atoms with Crippen molar-refractivity contribution in [3.05, 3.63) is 32.8 Å². The molecule has 9 heteroatoms. The van der Waals surface area contributed by atoms with Crippen LogP contribution in [0.2, 0.25) is 15.2 Å². The summed E-state index contributed by atoms with van der Waals surface area (Å²) in [5.41, 5.74) is 0.923. The fourth-order valence-electron chi connectivity index (χ4n) is 1.91. The van der Waals surface area contributed by atoms with Crippen LogP contribution in [0.15, 0.2) is 6.20 Å². The van der Waals surface area contributed by atoms with Crippen LogP contribution in [0.3, 0.4) is 0 Å². The average molecular weight is 365 g/mol. The molecule has 0 aliphatic carbocycles. The molecule has 0 aliphatic rings. The molecule has 0 fully saturated rings. The molecule has 0 unspecified atom stereocenters. The fourth-order valence-corrected chi connectivity index (χ4v) is 2.54. The molecule has 0 atom stereocenters. The SMILES string of the molecule is CCn1cc(Cl)c(C(=O)NCCCn2nc(C)c(Cl)c2Cl)n1. The predicted molar refractivity (Wildman–Crippen MR) is 86.8 cm³/mol. The Morgan fingerprint density at radius 1 is 1.32 bits per heavy atom. The molecule has 0 radical (unpaired) electrons. The Morgan fingerprint density at radius 2 is 2.05 bits per heavy atom. The van der Waals surface area contributed by atoms with Crippen LogP contribution < -0.4 is 5.32 Å². The molecule has 1 amide bonds. The predicted octanol–water partition coefficient (Wildman–Crippen LogP) is 3.19. The molecule has 2 heterocycles. The van der Waals surface area contributed by atoms with E-state index in [1.165, 1.54) is 0 Å². The topological polar surface area (TPSA) is 64.7 Å². The first-order chi connectivity index (χ1) is 10.4. The Kier molecular flexibility index (Phi) is 5.72. The van der Waals surface area contributed by atoms with E-state index in [1.807, 2.05) is 6.92 Å². The third-order valence-electron chi connectivity index (χ3n) is 3.08. The highest BCUT2D eigenvalue weighted by atomic mass is 35.5. The van der Waals surface area contributed by atoms with Crippen LogP contribution in [0.1, 0.15) is 29.5 Å². The van der Waals surface area contributed by atoms with Crippen molar-refractivity contribution in [3.63, 3.8) is 0 Å². The van der Waals surface area contributed by atoms with Crippen LogP contribution in [0.4, 0.5) is 0 Å². The number of carbonyl (C=O) groups is 1. The Bertz CT molecular complexity index is 680. The van der Waals surface area contributed by atoms with Crippen molar-refractivity contribution >= 4 is 40.7 Å². The van der Waals surface area contributed by atoms with Gasteiger partial charge in [0.15, 0.2) is 5.69 Å². The molecule has 1 N–H and O–H groups in total. The zero-order valence-corrected chi connectivity index (χ0v) is 14.5. The van der Waals surface area contributed by atoms with Gasteiger partial charge in [-0.2, -0.15) is 10.2 Å². The lowest BCUT2D eigenvalue weighted by atomic mass is 10.3. The molecule has 0 saturated heterocycles. The Morgan fingerprint density at radius 3 is 2.59 bits per heavy atom. The number of carbonyl (C=O) groups excluding carboxylic acids is 1. The van der Waals surface area contributed by atoms with Gasteiger partial charge in [-0.3, -0.25) is 14.2 Å². The lowest BCUT2D eigenvalue weighted by molar-refractivity contribution is 0.0947. The molecule has 6 nitrogen and oxygen atoms in total. The molecule has 0 saturated carbocycles. The van der Waals surface area contributed by atoms with Gasteiger partial charge >= 0.3 is 0 Å². The number of nitrogens with one attached hydrogen (secondary N) is 1. The van der Waals surface area contributed by atoms with Crippen LogP contribution >= 0.6 is 34.8 Å². The molecule has 2 aromatic rings. The molecular formula is C13H16Cl3N5O. The van der Waals surface area contributed by atoms with E-state index in [4.69, 9.17) is 34.8 Å². The van der Waals surface area contributed by atoms with Crippen LogP contribution in [-0.4, -0.2) is 32.0 Å². The molecule has 0 aliphatic heterocycles. The van der Waals surface area contributed by atoms with Crippen molar-refractivity contribution < 1.29 is 4.79 Å². The average Bonchev–Trinajstić information content (AvgIpc) is 2.99. The Hall–Kier alpha value is -1.24. The summed E-state index contributed by atoms with van der Waals surface area (Å²) in [6, 6.07) is 0. The van der Waals surface area contributed by atoms with E-state index in [1.54, 1.807) is 22.5 Å². The van der Waals surface area contributed by atoms with Gasteiger partial charge in [0, 0.05) is 25.8 Å². The molecule has 22 heavy (non-hydrogen) atoms. The summed E-state index contributed by atoms with van der Waals surface area (Å²) in [6.45, 7) is 5.39. The van der Waals surface area contributed by atoms with E-state index in [9.17, 15) is 4.79 Å². The van der Waals surface area contributed by atoms with E-state index in [0.717, 1.165) is 0 Å². The number of amides is 1. The van der Waals surface area contributed by atoms with Crippen molar-refractivity contribution in [1.82, 2.24) is 24.9 Å². The summed E-state index contributed by atoms with van der Waals surface area (Å²) in [6.07, 6.45) is 2.29. The lowest BCUT2D eigenvalue weighted by Gasteiger charge is -2.05. The number of nitrogens with zero attached hydrogens (tertiary/aromatic N) is 4. The highest BCUT2D eigenvalue weighted by Gasteiger charge is 2.15. The smallest absolute Gasteiger partial charge is 0.273 e. The Balaban J connectivity index is 1.84. The highest BCUT2D eigenvalue weighted by molar-refractivity contribution is 6.41. The van der Waals surface area contributed by atoms with Gasteiger partial charge < -0.3 is 5.32 Å². The van der Waals surface area contributed by atoms with Gasteiger partial charge in [0.25, 0.3) is 5.91 Å². The van der Waals surface area contributed by atoms with E-state index in [-0.39, 0.29) is 11.6 Å². The standard InChI is InChI=1S/C13H16Cl3N5O/c1-3-20-7-9(14)11(19-20)13(22)17-5-4-6-21-12(16)10(15)8(2)18-21/h7H,3-6H2,1-2H3,(H,17,22). The van der Waals surface area contributed by atoms with Gasteiger partial charge in [-0.05, 0) is 20.3 Å². The van der Waals surface area contributed by atoms with Crippen molar-refractivity contribution in [2.45, 2.75) is 33.4 Å². The van der Waals surface area contributed by atoms with Crippen molar-refractivity contribution in [3.8, 4) is 0 Å². The molecule has 120 valence electrons. The summed E-state index contributed by atoms with van der Waals surface area (Å²) in [5.74, 6) is -0.294. The quantitative estimate of drug-likeness (QED) is 0.801. The second-order valence-corrected chi connectivity index (χ2v) is 5.85. The molecule has 2 aromatic heterocycles. The number of hydrogen-bond acceptors (Lipinski definition) is 3. The first-order valence-electron chi connectivity index (χ1n) is 6.83. The molecule has 2 rings (SSSR count). The van der Waals surface area contributed by atoms with Crippen LogP contribution in [0.5, 0.6) is 0 Å². The van der Waals surface area contributed by atoms with Crippen LogP contribution in [0.25, 0.3) is 0 Å². The van der Waals surface area contributed by atoms with E-state index < -0.39 is 0 Å². The second-order valence-electron chi connectivity index (χ2n) is 4.70. The van der Waals surface area contributed by atoms with Crippen LogP contribution in [-0.2, 0) is 13.1 Å². The van der Waals surface area contributed by atoms with E-state index in [2.05, 4.69) is 15.5 Å². The van der Waals surface area contributed by atoms with Crippen molar-refractivity contribution in [2.75, 3.05) is 6.54 Å². The summed E-state index contributed by atoms with van der Waals surface area (Å²) < 4.78 is 3.23. The van der Waals surface area contributed by atoms with Crippen molar-refractivity contribution in [2.24, 2.45) is 0 Å². The maximum Gasteiger partial charge on any atom is 0.273 e. The Labute approximate surface area is 143 Å². The summed E-state index contributed by atoms with van der Waals surface area (Å²) in [5, 5.41) is 12.3. The third kappa shape index (κ3) is 3.74. The highest BCUT2D eigenvalue weighted by Crippen LogP contribution is 2.24. The monoisotopic (exact) mass is 363 g/mol. The number of hydrogen-bond donors (Lipinski definition) is 1.